The fourth-order valence-corrected chi connectivity index (χ4v) is 6.56. The highest BCUT2D eigenvalue weighted by Crippen LogP contribution is 2.13. The number of carbonyl (C=O) groups excluding carboxylic acids is 3. The van der Waals surface area contributed by atoms with E-state index in [9.17, 15) is 14.4 Å². The van der Waals surface area contributed by atoms with E-state index in [-0.39, 0.29) is 37.5 Å². The summed E-state index contributed by atoms with van der Waals surface area (Å²) < 4.78 is 16.7. The number of esters is 3. The van der Waals surface area contributed by atoms with E-state index < -0.39 is 6.10 Å². The van der Waals surface area contributed by atoms with E-state index in [1.165, 1.54) is 57.8 Å². The van der Waals surface area contributed by atoms with Gasteiger partial charge in [-0.05, 0) is 116 Å². The number of unbranched alkanes of at least 4 members (excludes halogenated alkanes) is 17. The Hall–Kier alpha value is -3.67. The zero-order valence-electron chi connectivity index (χ0n) is 40.1. The highest BCUT2D eigenvalue weighted by atomic mass is 16.6. The Morgan fingerprint density at radius 1 is 0.339 bits per heavy atom. The lowest BCUT2D eigenvalue weighted by atomic mass is 10.1. The van der Waals surface area contributed by atoms with Crippen LogP contribution in [0.2, 0.25) is 0 Å². The van der Waals surface area contributed by atoms with E-state index in [1.54, 1.807) is 0 Å². The molecule has 0 rings (SSSR count). The van der Waals surface area contributed by atoms with Gasteiger partial charge in [-0.25, -0.2) is 0 Å². The molecule has 62 heavy (non-hydrogen) atoms. The van der Waals surface area contributed by atoms with Crippen molar-refractivity contribution in [2.75, 3.05) is 13.2 Å². The van der Waals surface area contributed by atoms with Gasteiger partial charge in [-0.1, -0.05) is 182 Å². The fourth-order valence-electron chi connectivity index (χ4n) is 6.56. The lowest BCUT2D eigenvalue weighted by Crippen LogP contribution is -2.30. The monoisotopic (exact) mass is 861 g/mol. The normalized spacial score (nSPS) is 12.9. The molecule has 0 aromatic rings. The zero-order valence-corrected chi connectivity index (χ0v) is 40.1. The number of allylic oxidation sites excluding steroid dienone is 16. The predicted molar refractivity (Wildman–Crippen MR) is 265 cm³/mol. The molecule has 0 fully saturated rings. The Kier molecular flexibility index (Phi) is 47.0. The van der Waals surface area contributed by atoms with Crippen LogP contribution in [-0.2, 0) is 28.6 Å². The maximum Gasteiger partial charge on any atom is 0.306 e. The smallest absolute Gasteiger partial charge is 0.306 e. The second-order valence-electron chi connectivity index (χ2n) is 16.3. The molecule has 0 amide bonds. The predicted octanol–water partition coefficient (Wildman–Crippen LogP) is 16.6. The van der Waals surface area contributed by atoms with Gasteiger partial charge in [0.1, 0.15) is 13.2 Å². The van der Waals surface area contributed by atoms with Gasteiger partial charge in [-0.15, -0.1) is 0 Å². The van der Waals surface area contributed by atoms with Crippen molar-refractivity contribution >= 4 is 17.9 Å². The zero-order chi connectivity index (χ0) is 45.1. The Morgan fingerprint density at radius 3 is 1.00 bits per heavy atom. The van der Waals surface area contributed by atoms with Crippen molar-refractivity contribution < 1.29 is 28.6 Å². The van der Waals surface area contributed by atoms with Crippen LogP contribution in [-0.4, -0.2) is 37.2 Å². The van der Waals surface area contributed by atoms with Crippen LogP contribution in [0, 0.1) is 0 Å². The van der Waals surface area contributed by atoms with Crippen molar-refractivity contribution in [3.8, 4) is 0 Å². The average Bonchev–Trinajstić information content (AvgIpc) is 3.27. The molecule has 1 unspecified atom stereocenters. The van der Waals surface area contributed by atoms with Gasteiger partial charge < -0.3 is 14.2 Å². The van der Waals surface area contributed by atoms with Gasteiger partial charge in [0, 0.05) is 19.3 Å². The highest BCUT2D eigenvalue weighted by Gasteiger charge is 2.19. The molecule has 0 heterocycles. The van der Waals surface area contributed by atoms with Crippen LogP contribution >= 0.6 is 0 Å². The average molecular weight is 861 g/mol. The number of rotatable bonds is 44. The van der Waals surface area contributed by atoms with Crippen molar-refractivity contribution in [2.24, 2.45) is 0 Å². The second kappa shape index (κ2) is 50.0. The summed E-state index contributed by atoms with van der Waals surface area (Å²) in [7, 11) is 0. The van der Waals surface area contributed by atoms with Gasteiger partial charge in [0.05, 0.1) is 0 Å². The summed E-state index contributed by atoms with van der Waals surface area (Å²) in [5.41, 5.74) is 0. The fraction of sp³-hybridized carbons (Fsp3) is 0.661. The van der Waals surface area contributed by atoms with Crippen LogP contribution in [0.15, 0.2) is 97.2 Å². The molecule has 0 N–H and O–H groups in total. The molecule has 1 atom stereocenters. The summed E-state index contributed by atoms with van der Waals surface area (Å²) in [5.74, 6) is -0.977. The van der Waals surface area contributed by atoms with Crippen LogP contribution in [0.5, 0.6) is 0 Å². The quantitative estimate of drug-likeness (QED) is 0.0263. The first-order valence-electron chi connectivity index (χ1n) is 25.2. The molecule has 0 aromatic carbocycles. The van der Waals surface area contributed by atoms with Crippen LogP contribution in [0.25, 0.3) is 0 Å². The van der Waals surface area contributed by atoms with Crippen molar-refractivity contribution in [3.63, 3.8) is 0 Å². The van der Waals surface area contributed by atoms with Gasteiger partial charge in [0.25, 0.3) is 0 Å². The first-order valence-corrected chi connectivity index (χ1v) is 25.2. The molecule has 0 radical (unpaired) electrons. The van der Waals surface area contributed by atoms with E-state index in [4.69, 9.17) is 14.2 Å². The molecule has 352 valence electrons. The summed E-state index contributed by atoms with van der Waals surface area (Å²) in [4.78, 5) is 37.9. The van der Waals surface area contributed by atoms with E-state index in [0.717, 1.165) is 122 Å². The lowest BCUT2D eigenvalue weighted by Gasteiger charge is -2.18. The molecule has 0 spiro atoms. The maximum absolute atomic E-state index is 12.8. The SMILES string of the molecule is CC/C=C\C/C=C\C/C=C\CCCCCC(=O)OCC(COC(=O)CCCCCCCCC/C=C\C/C=C\CCCCCC)OC(=O)CCCCC/C=C\C/C=C\C/C=C\CC. The van der Waals surface area contributed by atoms with Gasteiger partial charge in [0.2, 0.25) is 0 Å². The van der Waals surface area contributed by atoms with Gasteiger partial charge >= 0.3 is 17.9 Å². The molecule has 0 aliphatic carbocycles. The van der Waals surface area contributed by atoms with Crippen molar-refractivity contribution in [3.05, 3.63) is 97.2 Å². The molecule has 0 aromatic heterocycles. The number of hydrogen-bond acceptors (Lipinski definition) is 6. The number of ether oxygens (including phenoxy) is 3. The molecular formula is C56H92O6. The summed E-state index contributed by atoms with van der Waals surface area (Å²) in [6.45, 7) is 6.32. The second-order valence-corrected chi connectivity index (χ2v) is 16.3. The standard InChI is InChI=1S/C56H92O6/c1-4-7-10-13-16-19-22-25-26-27-28-29-32-34-37-40-43-46-49-55(58)61-52-53(62-56(59)50-47-44-41-38-35-31-24-21-18-15-12-9-6-3)51-60-54(57)48-45-42-39-36-33-30-23-20-17-14-11-8-5-2/h8-9,11-12,17-22,26-27,30-31,33,35,53H,4-7,10,13-16,23-25,28-29,32,34,36-52H2,1-3H3/b11-8-,12-9-,20-17-,21-18-,22-19-,27-26-,33-30-,35-31-. The first-order chi connectivity index (χ1) is 30.5. The summed E-state index contributed by atoms with van der Waals surface area (Å²) in [6.07, 6.45) is 65.4. The van der Waals surface area contributed by atoms with E-state index >= 15 is 0 Å². The summed E-state index contributed by atoms with van der Waals surface area (Å²) in [5, 5.41) is 0. The van der Waals surface area contributed by atoms with Gasteiger partial charge in [-0.3, -0.25) is 14.4 Å². The summed E-state index contributed by atoms with van der Waals surface area (Å²) >= 11 is 0. The molecule has 0 aliphatic rings. The minimum absolute atomic E-state index is 0.104. The van der Waals surface area contributed by atoms with Crippen molar-refractivity contribution in [1.29, 1.82) is 0 Å². The highest BCUT2D eigenvalue weighted by molar-refractivity contribution is 5.71. The van der Waals surface area contributed by atoms with E-state index in [2.05, 4.69) is 118 Å². The maximum atomic E-state index is 12.8. The third-order valence-electron chi connectivity index (χ3n) is 10.3. The van der Waals surface area contributed by atoms with E-state index in [1.807, 2.05) is 0 Å². The molecule has 0 aliphatic heterocycles. The molecule has 0 saturated carbocycles. The van der Waals surface area contributed by atoms with Crippen molar-refractivity contribution in [2.45, 2.75) is 226 Å². The Balaban J connectivity index is 4.46. The van der Waals surface area contributed by atoms with Crippen LogP contribution in [0.4, 0.5) is 0 Å². The number of carbonyl (C=O) groups is 3. The molecule has 0 bridgehead atoms. The number of hydrogen-bond donors (Lipinski definition) is 0. The molecule has 6 nitrogen and oxygen atoms in total. The lowest BCUT2D eigenvalue weighted by molar-refractivity contribution is -0.167. The Labute approximate surface area is 381 Å². The van der Waals surface area contributed by atoms with Crippen LogP contribution in [0.3, 0.4) is 0 Å². The molecular weight excluding hydrogens is 769 g/mol. The minimum Gasteiger partial charge on any atom is -0.462 e. The Morgan fingerprint density at radius 2 is 0.629 bits per heavy atom. The van der Waals surface area contributed by atoms with E-state index in [0.29, 0.717) is 12.8 Å². The van der Waals surface area contributed by atoms with Crippen LogP contribution < -0.4 is 0 Å². The third kappa shape index (κ3) is 47.4. The third-order valence-corrected chi connectivity index (χ3v) is 10.3. The van der Waals surface area contributed by atoms with Gasteiger partial charge in [0.15, 0.2) is 6.10 Å². The van der Waals surface area contributed by atoms with Crippen molar-refractivity contribution in [1.82, 2.24) is 0 Å². The largest absolute Gasteiger partial charge is 0.462 e. The molecule has 6 heteroatoms. The first kappa shape index (κ1) is 58.3. The minimum atomic E-state index is -0.808. The van der Waals surface area contributed by atoms with Gasteiger partial charge in [-0.2, -0.15) is 0 Å². The topological polar surface area (TPSA) is 78.9 Å². The molecule has 0 saturated heterocycles. The Bertz CT molecular complexity index is 1260. The summed E-state index contributed by atoms with van der Waals surface area (Å²) in [6, 6.07) is 0. The van der Waals surface area contributed by atoms with Crippen LogP contribution in [0.1, 0.15) is 220 Å².